The van der Waals surface area contributed by atoms with E-state index in [0.29, 0.717) is 5.92 Å². The maximum atomic E-state index is 10.3. The van der Waals surface area contributed by atoms with Gasteiger partial charge in [0.25, 0.3) is 0 Å². The number of carboxylic acid groups (broad SMARTS) is 1. The Bertz CT molecular complexity index is 121. The molecule has 0 rings (SSSR count). The summed E-state index contributed by atoms with van der Waals surface area (Å²) in [5.74, 6) is -0.551. The minimum absolute atomic E-state index is 0.244. The highest BCUT2D eigenvalue weighted by molar-refractivity contribution is 5.64. The summed E-state index contributed by atoms with van der Waals surface area (Å²) < 4.78 is 0. The highest BCUT2D eigenvalue weighted by Gasteiger charge is 2.06. The first-order valence-electron chi connectivity index (χ1n) is 4.90. The molecule has 0 aromatic carbocycles. The minimum Gasteiger partial charge on any atom is -0.550 e. The number of hydrogen-bond acceptors (Lipinski definition) is 2. The molecular weight excluding hydrogens is 152 g/mol. The lowest BCUT2D eigenvalue weighted by Gasteiger charge is -2.15. The molecule has 0 saturated carbocycles. The van der Waals surface area contributed by atoms with Gasteiger partial charge in [0.15, 0.2) is 0 Å². The number of rotatable bonds is 7. The Balaban J connectivity index is 3.61. The molecule has 0 N–H and O–H groups in total. The Hall–Kier alpha value is -0.530. The van der Waals surface area contributed by atoms with Crippen LogP contribution < -0.4 is 5.11 Å². The van der Waals surface area contributed by atoms with Crippen LogP contribution in [0.4, 0.5) is 0 Å². The second-order valence-electron chi connectivity index (χ2n) is 3.37. The Morgan fingerprint density at radius 2 is 1.92 bits per heavy atom. The normalized spacial score (nSPS) is 12.8. The molecule has 12 heavy (non-hydrogen) atoms. The third-order valence-corrected chi connectivity index (χ3v) is 2.12. The van der Waals surface area contributed by atoms with Gasteiger partial charge >= 0.3 is 0 Å². The summed E-state index contributed by atoms with van der Waals surface area (Å²) in [5.41, 5.74) is 0. The van der Waals surface area contributed by atoms with E-state index in [1.54, 1.807) is 0 Å². The second-order valence-corrected chi connectivity index (χ2v) is 3.37. The van der Waals surface area contributed by atoms with E-state index >= 15 is 0 Å². The van der Waals surface area contributed by atoms with Crippen molar-refractivity contribution in [3.05, 3.63) is 0 Å². The molecule has 0 bridgehead atoms. The van der Waals surface area contributed by atoms with Crippen LogP contribution >= 0.6 is 0 Å². The highest BCUT2D eigenvalue weighted by atomic mass is 16.4. The molecule has 0 saturated heterocycles. The fourth-order valence-corrected chi connectivity index (χ4v) is 1.49. The zero-order valence-electron chi connectivity index (χ0n) is 8.14. The topological polar surface area (TPSA) is 40.1 Å². The Labute approximate surface area is 75.0 Å². The van der Waals surface area contributed by atoms with Crippen molar-refractivity contribution in [2.24, 2.45) is 5.92 Å². The van der Waals surface area contributed by atoms with E-state index in [9.17, 15) is 9.90 Å². The van der Waals surface area contributed by atoms with Gasteiger partial charge < -0.3 is 9.90 Å². The maximum absolute atomic E-state index is 10.3. The number of unbranched alkanes of at least 4 members (excludes halogenated alkanes) is 1. The maximum Gasteiger partial charge on any atom is 0.0417 e. The lowest BCUT2D eigenvalue weighted by atomic mass is 9.94. The van der Waals surface area contributed by atoms with Crippen molar-refractivity contribution in [1.29, 1.82) is 0 Å². The number of hydrogen-bond donors (Lipinski definition) is 0. The molecule has 1 atom stereocenters. The van der Waals surface area contributed by atoms with Gasteiger partial charge in [0, 0.05) is 5.97 Å². The van der Waals surface area contributed by atoms with Crippen LogP contribution in [0.3, 0.4) is 0 Å². The predicted molar refractivity (Wildman–Crippen MR) is 47.5 cm³/mol. The molecule has 2 nitrogen and oxygen atoms in total. The van der Waals surface area contributed by atoms with Crippen molar-refractivity contribution in [3.63, 3.8) is 0 Å². The molecule has 0 fully saturated rings. The first-order valence-corrected chi connectivity index (χ1v) is 4.90. The van der Waals surface area contributed by atoms with Crippen LogP contribution in [0.5, 0.6) is 0 Å². The van der Waals surface area contributed by atoms with Gasteiger partial charge in [-0.25, -0.2) is 0 Å². The van der Waals surface area contributed by atoms with Crippen LogP contribution in [0.1, 0.15) is 52.4 Å². The number of carbonyl (C=O) groups is 1. The first-order chi connectivity index (χ1) is 5.70. The smallest absolute Gasteiger partial charge is 0.0417 e. The highest BCUT2D eigenvalue weighted by Crippen LogP contribution is 2.17. The standard InChI is InChI=1S/C10H20O2/c1-3-5-7-9(6-4-2)8-10(11)12/h9H,3-8H2,1-2H3,(H,11,12)/p-1. The van der Waals surface area contributed by atoms with E-state index < -0.39 is 5.97 Å². The van der Waals surface area contributed by atoms with Crippen LogP contribution in [0.25, 0.3) is 0 Å². The first kappa shape index (κ1) is 11.5. The lowest BCUT2D eigenvalue weighted by molar-refractivity contribution is -0.306. The minimum atomic E-state index is -0.899. The molecule has 0 aromatic rings. The molecule has 0 aliphatic rings. The summed E-state index contributed by atoms with van der Waals surface area (Å²) in [4.78, 5) is 10.3. The van der Waals surface area contributed by atoms with Gasteiger partial charge in [-0.1, -0.05) is 46.0 Å². The summed E-state index contributed by atoms with van der Waals surface area (Å²) in [6, 6.07) is 0. The van der Waals surface area contributed by atoms with Crippen LogP contribution in [-0.2, 0) is 4.79 Å². The van der Waals surface area contributed by atoms with Crippen molar-refractivity contribution < 1.29 is 9.90 Å². The number of aliphatic carboxylic acids is 1. The predicted octanol–water partition coefficient (Wildman–Crippen LogP) is 1.73. The Morgan fingerprint density at radius 1 is 1.25 bits per heavy atom. The van der Waals surface area contributed by atoms with Crippen molar-refractivity contribution in [1.82, 2.24) is 0 Å². The third kappa shape index (κ3) is 6.20. The summed E-state index contributed by atoms with van der Waals surface area (Å²) in [6.07, 6.45) is 5.66. The van der Waals surface area contributed by atoms with E-state index in [2.05, 4.69) is 13.8 Å². The molecule has 0 spiro atoms. The molecule has 0 radical (unpaired) electrons. The van der Waals surface area contributed by atoms with E-state index in [0.717, 1.165) is 32.1 Å². The largest absolute Gasteiger partial charge is 0.550 e. The molecule has 0 aliphatic heterocycles. The van der Waals surface area contributed by atoms with E-state index in [-0.39, 0.29) is 6.42 Å². The van der Waals surface area contributed by atoms with Gasteiger partial charge in [-0.3, -0.25) is 0 Å². The number of carboxylic acids is 1. The Kier molecular flexibility index (Phi) is 6.82. The fraction of sp³-hybridized carbons (Fsp3) is 0.900. The summed E-state index contributed by atoms with van der Waals surface area (Å²) >= 11 is 0. The van der Waals surface area contributed by atoms with Gasteiger partial charge in [-0.15, -0.1) is 0 Å². The van der Waals surface area contributed by atoms with Gasteiger partial charge in [-0.05, 0) is 12.3 Å². The molecule has 0 aliphatic carbocycles. The molecule has 0 amide bonds. The summed E-state index contributed by atoms with van der Waals surface area (Å²) in [5, 5.41) is 10.3. The van der Waals surface area contributed by atoms with Crippen LogP contribution in [-0.4, -0.2) is 5.97 Å². The quantitative estimate of drug-likeness (QED) is 0.585. The van der Waals surface area contributed by atoms with E-state index in [1.165, 1.54) is 0 Å². The number of carbonyl (C=O) groups excluding carboxylic acids is 1. The van der Waals surface area contributed by atoms with E-state index in [4.69, 9.17) is 0 Å². The van der Waals surface area contributed by atoms with Crippen molar-refractivity contribution in [2.45, 2.75) is 52.4 Å². The second kappa shape index (κ2) is 7.14. The van der Waals surface area contributed by atoms with E-state index in [1.807, 2.05) is 0 Å². The van der Waals surface area contributed by atoms with Crippen LogP contribution in [0, 0.1) is 5.92 Å². The van der Waals surface area contributed by atoms with Gasteiger partial charge in [0.05, 0.1) is 0 Å². The Morgan fingerprint density at radius 3 is 2.33 bits per heavy atom. The van der Waals surface area contributed by atoms with Crippen LogP contribution in [0.15, 0.2) is 0 Å². The lowest BCUT2D eigenvalue weighted by Crippen LogP contribution is -2.25. The van der Waals surface area contributed by atoms with Gasteiger partial charge in [0.1, 0.15) is 0 Å². The zero-order valence-corrected chi connectivity index (χ0v) is 8.14. The molecule has 0 heterocycles. The molecule has 0 aromatic heterocycles. The third-order valence-electron chi connectivity index (χ3n) is 2.12. The molecule has 1 unspecified atom stereocenters. The molecular formula is C10H19O2-. The van der Waals surface area contributed by atoms with Crippen LogP contribution in [0.2, 0.25) is 0 Å². The summed E-state index contributed by atoms with van der Waals surface area (Å²) in [7, 11) is 0. The van der Waals surface area contributed by atoms with Gasteiger partial charge in [0.2, 0.25) is 0 Å². The SMILES string of the molecule is CCCCC(CCC)CC(=O)[O-]. The average Bonchev–Trinajstić information content (AvgIpc) is 2.00. The average molecular weight is 171 g/mol. The van der Waals surface area contributed by atoms with Crippen molar-refractivity contribution in [2.75, 3.05) is 0 Å². The van der Waals surface area contributed by atoms with Crippen molar-refractivity contribution in [3.8, 4) is 0 Å². The van der Waals surface area contributed by atoms with Crippen molar-refractivity contribution >= 4 is 5.97 Å². The van der Waals surface area contributed by atoms with Gasteiger partial charge in [-0.2, -0.15) is 0 Å². The summed E-state index contributed by atoms with van der Waals surface area (Å²) in [6.45, 7) is 4.22. The zero-order chi connectivity index (χ0) is 9.40. The fourth-order valence-electron chi connectivity index (χ4n) is 1.49. The monoisotopic (exact) mass is 171 g/mol. The molecule has 2 heteroatoms. The molecule has 72 valence electrons.